The molecule has 0 radical (unpaired) electrons. The largest absolute Gasteiger partial charge is 0.267 e. The average molecular weight is 476 g/mol. The molecule has 0 aliphatic carbocycles. The van der Waals surface area contributed by atoms with Gasteiger partial charge in [0.05, 0.1) is 0 Å². The van der Waals surface area contributed by atoms with Crippen LogP contribution < -0.4 is 0 Å². The number of halogens is 4. The summed E-state index contributed by atoms with van der Waals surface area (Å²) in [5.41, 5.74) is 0. The van der Waals surface area contributed by atoms with Crippen molar-refractivity contribution in [2.24, 2.45) is 0 Å². The molecule has 0 aromatic heterocycles. The molecule has 0 bridgehead atoms. The molecule has 0 rings (SSSR count). The van der Waals surface area contributed by atoms with Gasteiger partial charge in [-0.05, 0) is 12.1 Å². The van der Waals surface area contributed by atoms with Crippen LogP contribution in [0.25, 0.3) is 0 Å². The van der Waals surface area contributed by atoms with Crippen molar-refractivity contribution >= 4 is 71.8 Å². The monoisotopic (exact) mass is 472 g/mol. The molecule has 0 N–H and O–H groups in total. The van der Waals surface area contributed by atoms with Crippen LogP contribution in [0.3, 0.4) is 0 Å². The Bertz CT molecular complexity index is 142. The topological polar surface area (TPSA) is 0 Å². The third-order valence-electron chi connectivity index (χ3n) is 2.35. The Hall–Kier alpha value is 2.35. The van der Waals surface area contributed by atoms with Crippen LogP contribution in [0.2, 0.25) is 24.2 Å². The molecule has 0 saturated carbocycles. The second-order valence-corrected chi connectivity index (χ2v) is 36.1. The highest BCUT2D eigenvalue weighted by Gasteiger charge is 2.27. The standard InChI is InChI=1S/C7H16Br4Si2/c1-3-12(8,4-2)6-5-7-13(9,10)11/h3-7H2,1-2H3. The van der Waals surface area contributed by atoms with E-state index in [4.69, 9.17) is 0 Å². The summed E-state index contributed by atoms with van der Waals surface area (Å²) < 4.78 is -1.34. The van der Waals surface area contributed by atoms with E-state index in [9.17, 15) is 0 Å². The summed E-state index contributed by atoms with van der Waals surface area (Å²) in [5.74, 6) is 0. The van der Waals surface area contributed by atoms with Crippen LogP contribution in [-0.4, -0.2) is 10.6 Å². The molecule has 0 atom stereocenters. The maximum Gasteiger partial charge on any atom is 0.267 e. The highest BCUT2D eigenvalue weighted by molar-refractivity contribution is 9.72. The van der Waals surface area contributed by atoms with Gasteiger partial charge in [0.25, 0.3) is 3.93 Å². The summed E-state index contributed by atoms with van der Waals surface area (Å²) in [6.07, 6.45) is 1.33. The predicted molar refractivity (Wildman–Crippen MR) is 82.4 cm³/mol. The zero-order valence-corrected chi connectivity index (χ0v) is 16.4. The van der Waals surface area contributed by atoms with Gasteiger partial charge < -0.3 is 0 Å². The van der Waals surface area contributed by atoms with Gasteiger partial charge in [-0.1, -0.05) is 78.2 Å². The lowest BCUT2D eigenvalue weighted by molar-refractivity contribution is 1.03. The van der Waals surface area contributed by atoms with E-state index in [1.807, 2.05) is 0 Å². The van der Waals surface area contributed by atoms with Crippen LogP contribution >= 0.6 is 61.2 Å². The predicted octanol–water partition coefficient (Wildman–Crippen LogP) is 5.88. The molecule has 13 heavy (non-hydrogen) atoms. The van der Waals surface area contributed by atoms with Crippen LogP contribution in [0.1, 0.15) is 20.3 Å². The second kappa shape index (κ2) is 6.83. The van der Waals surface area contributed by atoms with Crippen molar-refractivity contribution in [3.05, 3.63) is 0 Å². The summed E-state index contributed by atoms with van der Waals surface area (Å²) in [5, 5.41) is 0. The van der Waals surface area contributed by atoms with Crippen LogP contribution in [0, 0.1) is 0 Å². The van der Waals surface area contributed by atoms with E-state index in [2.05, 4.69) is 75.0 Å². The highest BCUT2D eigenvalue weighted by atomic mass is 80.0. The van der Waals surface area contributed by atoms with Crippen LogP contribution in [-0.2, 0) is 0 Å². The molecule has 6 heteroatoms. The molecule has 0 fully saturated rings. The van der Waals surface area contributed by atoms with Gasteiger partial charge in [-0.25, -0.2) is 0 Å². The lowest BCUT2D eigenvalue weighted by atomic mass is 10.6. The zero-order chi connectivity index (χ0) is 10.5. The molecule has 0 aliphatic heterocycles. The first-order valence-electron chi connectivity index (χ1n) is 4.58. The Labute approximate surface area is 115 Å². The summed E-state index contributed by atoms with van der Waals surface area (Å²) in [4.78, 5) is 0. The fourth-order valence-corrected chi connectivity index (χ4v) is 7.52. The van der Waals surface area contributed by atoms with Gasteiger partial charge >= 0.3 is 0 Å². The van der Waals surface area contributed by atoms with E-state index in [1.165, 1.54) is 30.6 Å². The first-order chi connectivity index (χ1) is 5.83. The van der Waals surface area contributed by atoms with Gasteiger partial charge in [-0.3, -0.25) is 0 Å². The average Bonchev–Trinajstić information content (AvgIpc) is 2.02. The Morgan fingerprint density at radius 3 is 1.62 bits per heavy atom. The number of rotatable bonds is 6. The van der Waals surface area contributed by atoms with Crippen molar-refractivity contribution in [2.75, 3.05) is 0 Å². The van der Waals surface area contributed by atoms with Crippen LogP contribution in [0.5, 0.6) is 0 Å². The van der Waals surface area contributed by atoms with Crippen molar-refractivity contribution in [1.29, 1.82) is 0 Å². The van der Waals surface area contributed by atoms with E-state index in [0.717, 1.165) is 0 Å². The van der Waals surface area contributed by atoms with Gasteiger partial charge in [0.15, 0.2) is 0 Å². The van der Waals surface area contributed by atoms with Gasteiger partial charge in [-0.2, -0.15) is 0 Å². The second-order valence-electron chi connectivity index (χ2n) is 3.33. The van der Waals surface area contributed by atoms with Gasteiger partial charge in [-0.15, -0.1) is 15.3 Å². The van der Waals surface area contributed by atoms with Gasteiger partial charge in [0, 0.05) is 0 Å². The number of hydrogen-bond donors (Lipinski definition) is 0. The Morgan fingerprint density at radius 1 is 0.846 bits per heavy atom. The van der Waals surface area contributed by atoms with Crippen molar-refractivity contribution in [3.8, 4) is 0 Å². The normalized spacial score (nSPS) is 13.4. The molecule has 0 amide bonds. The molecule has 0 aliphatic rings. The molecule has 0 spiro atoms. The van der Waals surface area contributed by atoms with Crippen LogP contribution in [0.15, 0.2) is 0 Å². The van der Waals surface area contributed by atoms with Crippen molar-refractivity contribution in [1.82, 2.24) is 0 Å². The summed E-state index contributed by atoms with van der Waals surface area (Å²) in [6, 6.07) is 5.36. The SMILES string of the molecule is CC[Si](Br)(CC)CCC[Si](Br)(Br)Br. The smallest absolute Gasteiger partial charge is 0.126 e. The van der Waals surface area contributed by atoms with Gasteiger partial charge in [0.1, 0.15) is 6.69 Å². The van der Waals surface area contributed by atoms with Crippen molar-refractivity contribution in [3.63, 3.8) is 0 Å². The van der Waals surface area contributed by atoms with Crippen LogP contribution in [0.4, 0.5) is 0 Å². The minimum absolute atomic E-state index is 1.02. The van der Waals surface area contributed by atoms with E-state index in [1.54, 1.807) is 0 Å². The molecule has 0 saturated heterocycles. The molecule has 0 unspecified atom stereocenters. The molecular weight excluding hydrogens is 460 g/mol. The third-order valence-corrected chi connectivity index (χ3v) is 15.2. The van der Waals surface area contributed by atoms with E-state index < -0.39 is 10.6 Å². The highest BCUT2D eigenvalue weighted by Crippen LogP contribution is 2.36. The summed E-state index contributed by atoms with van der Waals surface area (Å²) >= 11 is 14.9. The van der Waals surface area contributed by atoms with Gasteiger partial charge in [0.2, 0.25) is 0 Å². The van der Waals surface area contributed by atoms with Crippen molar-refractivity contribution in [2.45, 2.75) is 44.4 Å². The fraction of sp³-hybridized carbons (Fsp3) is 1.00. The Kier molecular flexibility index (Phi) is 8.07. The summed E-state index contributed by atoms with van der Waals surface area (Å²) in [6.45, 7) is 3.60. The molecule has 0 heterocycles. The lowest BCUT2D eigenvalue weighted by Gasteiger charge is -2.22. The molecule has 80 valence electrons. The third kappa shape index (κ3) is 8.19. The minimum atomic E-state index is -1.34. The number of hydrogen-bond acceptors (Lipinski definition) is 0. The molecular formula is C7H16Br4Si2. The quantitative estimate of drug-likeness (QED) is 0.332. The lowest BCUT2D eigenvalue weighted by Crippen LogP contribution is -2.23. The first kappa shape index (κ1) is 15.4. The molecule has 0 aromatic carbocycles. The first-order valence-corrected chi connectivity index (χ1v) is 18.4. The molecule has 0 nitrogen and oxygen atoms in total. The summed E-state index contributed by atoms with van der Waals surface area (Å²) in [7, 11) is 0. The van der Waals surface area contributed by atoms with Crippen molar-refractivity contribution < 1.29 is 0 Å². The van der Waals surface area contributed by atoms with E-state index in [0.29, 0.717) is 0 Å². The zero-order valence-electron chi connectivity index (χ0n) is 8.05. The minimum Gasteiger partial charge on any atom is -0.126 e. The maximum absolute atomic E-state index is 3.96. The van der Waals surface area contributed by atoms with E-state index in [-0.39, 0.29) is 0 Å². The van der Waals surface area contributed by atoms with E-state index >= 15 is 0 Å². The Morgan fingerprint density at radius 2 is 1.31 bits per heavy atom. The fourth-order valence-electron chi connectivity index (χ4n) is 1.21. The maximum atomic E-state index is 3.96. The molecule has 0 aromatic rings. The Balaban J connectivity index is 3.74.